The van der Waals surface area contributed by atoms with E-state index in [-0.39, 0.29) is 22.2 Å². The van der Waals surface area contributed by atoms with Crippen LogP contribution in [0.4, 0.5) is 5.69 Å². The molecule has 12 heteroatoms. The third-order valence-corrected chi connectivity index (χ3v) is 7.52. The largest absolute Gasteiger partial charge is 0.464 e. The van der Waals surface area contributed by atoms with Crippen molar-refractivity contribution in [3.8, 4) is 11.1 Å². The monoisotopic (exact) mass is 563 g/mol. The molecule has 36 heavy (non-hydrogen) atoms. The molecular weight excluding hydrogens is 545 g/mol. The highest BCUT2D eigenvalue weighted by molar-refractivity contribution is 8.13. The second-order valence-electron chi connectivity index (χ2n) is 7.16. The number of nitrogens with one attached hydrogen (secondary N) is 1. The lowest BCUT2D eigenvalue weighted by Gasteiger charge is -2.10. The number of furan rings is 1. The highest BCUT2D eigenvalue weighted by atomic mass is 35.7. The Labute approximate surface area is 218 Å². The van der Waals surface area contributed by atoms with E-state index in [2.05, 4.69) is 14.7 Å². The molecule has 0 atom stereocenters. The van der Waals surface area contributed by atoms with Crippen molar-refractivity contribution in [3.05, 3.63) is 104 Å². The van der Waals surface area contributed by atoms with Gasteiger partial charge in [0.25, 0.3) is 19.1 Å². The molecule has 2 heterocycles. The zero-order valence-corrected chi connectivity index (χ0v) is 21.6. The van der Waals surface area contributed by atoms with Crippen molar-refractivity contribution in [2.45, 2.75) is 9.79 Å². The normalized spacial score (nSPS) is 11.1. The summed E-state index contributed by atoms with van der Waals surface area (Å²) in [7, 11) is -2.18. The topological polar surface area (TPSA) is 119 Å². The Hall–Kier alpha value is -3.44. The molecule has 0 radical (unpaired) electrons. The Balaban J connectivity index is 0.000000278. The van der Waals surface area contributed by atoms with Crippen molar-refractivity contribution < 1.29 is 21.3 Å². The predicted molar refractivity (Wildman–Crippen MR) is 141 cm³/mol. The number of aromatic nitrogens is 2. The molecule has 0 bridgehead atoms. The maximum atomic E-state index is 12.6. The van der Waals surface area contributed by atoms with Crippen molar-refractivity contribution >= 4 is 58.8 Å². The molecule has 186 valence electrons. The van der Waals surface area contributed by atoms with Gasteiger partial charge in [-0.15, -0.1) is 12.4 Å². The summed E-state index contributed by atoms with van der Waals surface area (Å²) in [6.45, 7) is 0. The van der Waals surface area contributed by atoms with Gasteiger partial charge in [-0.25, -0.2) is 26.8 Å². The number of hydrogen-bond donors (Lipinski definition) is 1. The van der Waals surface area contributed by atoms with E-state index in [1.807, 2.05) is 0 Å². The Morgan fingerprint density at radius 3 is 1.92 bits per heavy atom. The molecule has 0 spiro atoms. The van der Waals surface area contributed by atoms with Gasteiger partial charge in [-0.05, 0) is 42.5 Å². The number of benzene rings is 3. The van der Waals surface area contributed by atoms with Crippen molar-refractivity contribution in [3.63, 3.8) is 0 Å². The SMILES string of the molecule is Cl.O=S(=O)(Cl)c1ccccc1.O=S(=O)(Nc1cc(-c2cncnc2)c2occc2c1)c1ccccc1. The fourth-order valence-electron chi connectivity index (χ4n) is 3.19. The van der Waals surface area contributed by atoms with Gasteiger partial charge in [0.2, 0.25) is 0 Å². The van der Waals surface area contributed by atoms with Gasteiger partial charge in [-0.3, -0.25) is 4.72 Å². The molecule has 5 rings (SSSR count). The number of hydrogen-bond acceptors (Lipinski definition) is 7. The van der Waals surface area contributed by atoms with Crippen LogP contribution in [0.1, 0.15) is 0 Å². The molecule has 0 aliphatic heterocycles. The summed E-state index contributed by atoms with van der Waals surface area (Å²) in [6.07, 6.45) is 6.30. The van der Waals surface area contributed by atoms with Gasteiger partial charge < -0.3 is 4.42 Å². The van der Waals surface area contributed by atoms with Crippen molar-refractivity contribution in [2.75, 3.05) is 4.72 Å². The summed E-state index contributed by atoms with van der Waals surface area (Å²) in [6, 6.07) is 21.3. The molecule has 3 aromatic carbocycles. The standard InChI is InChI=1S/C18H13N3O3S.C6H5ClO2S.ClH/c22-25(23,16-4-2-1-3-5-16)21-15-8-13-6-7-24-18(13)17(9-15)14-10-19-12-20-11-14;7-10(8,9)6-4-2-1-3-5-6;/h1-12,21H;1-5H;1H. The number of anilines is 1. The fraction of sp³-hybridized carbons (Fsp3) is 0. The van der Waals surface area contributed by atoms with Gasteiger partial charge in [0.05, 0.1) is 21.7 Å². The van der Waals surface area contributed by atoms with E-state index in [0.29, 0.717) is 16.8 Å². The number of rotatable bonds is 5. The lowest BCUT2D eigenvalue weighted by atomic mass is 10.1. The molecule has 2 aromatic heterocycles. The Morgan fingerprint density at radius 1 is 0.778 bits per heavy atom. The van der Waals surface area contributed by atoms with E-state index in [1.165, 1.54) is 18.5 Å². The third-order valence-electron chi connectivity index (χ3n) is 4.75. The van der Waals surface area contributed by atoms with Gasteiger partial charge in [-0.2, -0.15) is 0 Å². The Kier molecular flexibility index (Phi) is 8.70. The summed E-state index contributed by atoms with van der Waals surface area (Å²) in [5.41, 5.74) is 2.55. The summed E-state index contributed by atoms with van der Waals surface area (Å²) < 4.78 is 54.5. The van der Waals surface area contributed by atoms with E-state index >= 15 is 0 Å². The first-order chi connectivity index (χ1) is 16.7. The Bertz CT molecular complexity index is 1650. The van der Waals surface area contributed by atoms with E-state index in [9.17, 15) is 16.8 Å². The van der Waals surface area contributed by atoms with Crippen LogP contribution in [0.5, 0.6) is 0 Å². The molecule has 0 saturated carbocycles. The zero-order valence-electron chi connectivity index (χ0n) is 18.4. The van der Waals surface area contributed by atoms with Crippen LogP contribution in [0.25, 0.3) is 22.1 Å². The first-order valence-corrected chi connectivity index (χ1v) is 13.9. The molecule has 0 unspecified atom stereocenters. The predicted octanol–water partition coefficient (Wildman–Crippen LogP) is 5.73. The number of fused-ring (bicyclic) bond motifs is 1. The van der Waals surface area contributed by atoms with Crippen LogP contribution in [0.3, 0.4) is 0 Å². The second kappa shape index (κ2) is 11.5. The van der Waals surface area contributed by atoms with Gasteiger partial charge in [0.15, 0.2) is 0 Å². The molecular formula is C24H19Cl2N3O5S2. The van der Waals surface area contributed by atoms with Crippen molar-refractivity contribution in [2.24, 2.45) is 0 Å². The number of halogens is 2. The van der Waals surface area contributed by atoms with Crippen LogP contribution in [-0.2, 0) is 19.1 Å². The molecule has 0 saturated heterocycles. The van der Waals surface area contributed by atoms with Crippen molar-refractivity contribution in [1.29, 1.82) is 0 Å². The first kappa shape index (κ1) is 27.2. The van der Waals surface area contributed by atoms with Crippen LogP contribution < -0.4 is 4.72 Å². The summed E-state index contributed by atoms with van der Waals surface area (Å²) in [5.74, 6) is 0. The molecule has 0 aliphatic rings. The first-order valence-electron chi connectivity index (χ1n) is 10.1. The van der Waals surface area contributed by atoms with Crippen LogP contribution in [0, 0.1) is 0 Å². The zero-order chi connectivity index (χ0) is 24.9. The summed E-state index contributed by atoms with van der Waals surface area (Å²) in [4.78, 5) is 8.36. The second-order valence-corrected chi connectivity index (χ2v) is 11.4. The molecule has 1 N–H and O–H groups in total. The maximum Gasteiger partial charge on any atom is 0.261 e. The van der Waals surface area contributed by atoms with E-state index < -0.39 is 19.1 Å². The van der Waals surface area contributed by atoms with Crippen LogP contribution >= 0.6 is 23.1 Å². The Morgan fingerprint density at radius 2 is 1.36 bits per heavy atom. The lowest BCUT2D eigenvalue weighted by molar-refractivity contribution is 0.601. The highest BCUT2D eigenvalue weighted by Crippen LogP contribution is 2.33. The fourth-order valence-corrected chi connectivity index (χ4v) is 5.04. The molecule has 0 amide bonds. The average molecular weight is 564 g/mol. The smallest absolute Gasteiger partial charge is 0.261 e. The minimum atomic E-state index is -3.68. The minimum absolute atomic E-state index is 0. The van der Waals surface area contributed by atoms with Gasteiger partial charge in [-0.1, -0.05) is 36.4 Å². The van der Waals surface area contributed by atoms with E-state index in [4.69, 9.17) is 15.1 Å². The quantitative estimate of drug-likeness (QED) is 0.271. The minimum Gasteiger partial charge on any atom is -0.464 e. The average Bonchev–Trinajstić information content (AvgIpc) is 3.33. The molecule has 0 aliphatic carbocycles. The summed E-state index contributed by atoms with van der Waals surface area (Å²) in [5, 5.41) is 0.784. The van der Waals surface area contributed by atoms with Crippen LogP contribution in [-0.4, -0.2) is 26.8 Å². The van der Waals surface area contributed by atoms with Gasteiger partial charge in [0.1, 0.15) is 11.9 Å². The molecule has 8 nitrogen and oxygen atoms in total. The molecule has 5 aromatic rings. The van der Waals surface area contributed by atoms with Gasteiger partial charge in [0, 0.05) is 39.6 Å². The van der Waals surface area contributed by atoms with E-state index in [1.54, 1.807) is 85.4 Å². The van der Waals surface area contributed by atoms with Crippen molar-refractivity contribution in [1.82, 2.24) is 9.97 Å². The van der Waals surface area contributed by atoms with E-state index in [0.717, 1.165) is 10.9 Å². The third kappa shape index (κ3) is 6.61. The highest BCUT2D eigenvalue weighted by Gasteiger charge is 2.16. The van der Waals surface area contributed by atoms with Gasteiger partial charge >= 0.3 is 0 Å². The summed E-state index contributed by atoms with van der Waals surface area (Å²) >= 11 is 0. The maximum absolute atomic E-state index is 12.6. The molecule has 0 fully saturated rings. The lowest BCUT2D eigenvalue weighted by Crippen LogP contribution is -2.12. The number of nitrogens with zero attached hydrogens (tertiary/aromatic N) is 2. The van der Waals surface area contributed by atoms with Crippen LogP contribution in [0.15, 0.2) is 118 Å². The van der Waals surface area contributed by atoms with Crippen LogP contribution in [0.2, 0.25) is 0 Å². The number of sulfonamides is 1.